The van der Waals surface area contributed by atoms with Crippen LogP contribution in [0.15, 0.2) is 77.7 Å². The van der Waals surface area contributed by atoms with Gasteiger partial charge in [-0.1, -0.05) is 30.3 Å². The number of aromatic nitrogens is 2. The second-order valence-electron chi connectivity index (χ2n) is 7.34. The van der Waals surface area contributed by atoms with Crippen LogP contribution in [-0.2, 0) is 10.0 Å². The molecule has 0 aliphatic heterocycles. The van der Waals surface area contributed by atoms with Gasteiger partial charge >= 0.3 is 0 Å². The van der Waals surface area contributed by atoms with Crippen molar-refractivity contribution >= 4 is 27.0 Å². The maximum absolute atomic E-state index is 12.8. The minimum atomic E-state index is -3.75. The van der Waals surface area contributed by atoms with Gasteiger partial charge in [-0.05, 0) is 61.9 Å². The topological polar surface area (TPSA) is 107 Å². The maximum atomic E-state index is 12.8. The van der Waals surface area contributed by atoms with Gasteiger partial charge in [-0.3, -0.25) is 9.36 Å². The van der Waals surface area contributed by atoms with Crippen molar-refractivity contribution < 1.29 is 13.2 Å². The summed E-state index contributed by atoms with van der Waals surface area (Å²) < 4.78 is 24.8. The Hall–Kier alpha value is -3.49. The van der Waals surface area contributed by atoms with E-state index >= 15 is 0 Å². The second-order valence-corrected chi connectivity index (χ2v) is 8.90. The molecule has 0 saturated carbocycles. The largest absolute Gasteiger partial charge is 0.346 e. The van der Waals surface area contributed by atoms with Crippen LogP contribution in [0.5, 0.6) is 0 Å². The van der Waals surface area contributed by atoms with Gasteiger partial charge in [0.15, 0.2) is 0 Å². The molecule has 0 spiro atoms. The van der Waals surface area contributed by atoms with Crippen LogP contribution in [0.2, 0.25) is 0 Å². The fourth-order valence-electron chi connectivity index (χ4n) is 3.55. The van der Waals surface area contributed by atoms with Crippen molar-refractivity contribution in [2.75, 3.05) is 0 Å². The van der Waals surface area contributed by atoms with Gasteiger partial charge in [0.2, 0.25) is 10.0 Å². The Balaban J connectivity index is 1.57. The third-order valence-electron chi connectivity index (χ3n) is 5.15. The number of nitrogens with zero attached hydrogens (tertiary/aromatic N) is 2. The highest BCUT2D eigenvalue weighted by molar-refractivity contribution is 7.89. The number of para-hydroxylation sites is 1. The zero-order valence-electron chi connectivity index (χ0n) is 17.1. The number of benzene rings is 3. The zero-order chi connectivity index (χ0) is 22.2. The molecule has 0 aliphatic carbocycles. The predicted octanol–water partition coefficient (Wildman–Crippen LogP) is 3.47. The molecule has 0 radical (unpaired) electrons. The van der Waals surface area contributed by atoms with Crippen molar-refractivity contribution in [2.45, 2.75) is 24.8 Å². The summed E-state index contributed by atoms with van der Waals surface area (Å²) in [6.07, 6.45) is 0. The molecule has 158 valence electrons. The summed E-state index contributed by atoms with van der Waals surface area (Å²) in [7, 11) is -3.75. The first kappa shape index (κ1) is 20.8. The molecular formula is C23H22N4O3S. The van der Waals surface area contributed by atoms with Crippen molar-refractivity contribution in [3.05, 3.63) is 89.7 Å². The Morgan fingerprint density at radius 2 is 1.71 bits per heavy atom. The van der Waals surface area contributed by atoms with Gasteiger partial charge < -0.3 is 5.32 Å². The lowest BCUT2D eigenvalue weighted by molar-refractivity contribution is 0.0940. The average Bonchev–Trinajstić information content (AvgIpc) is 3.08. The molecule has 1 heterocycles. The number of imidazole rings is 1. The average molecular weight is 435 g/mol. The third-order valence-corrected chi connectivity index (χ3v) is 6.08. The standard InChI is InChI=1S/C23H22N4O3S/c1-15(17-8-11-20(12-9-17)31(24,29)30)25-23(28)18-10-13-22-21(14-18)26-16(2)27(22)19-6-4-3-5-7-19/h3-15H,1-2H3,(H,25,28)(H2,24,29,30). The lowest BCUT2D eigenvalue weighted by atomic mass is 10.1. The van der Waals surface area contributed by atoms with Crippen LogP contribution in [0.4, 0.5) is 0 Å². The van der Waals surface area contributed by atoms with Crippen LogP contribution in [-0.4, -0.2) is 23.9 Å². The molecule has 4 rings (SSSR count). The SMILES string of the molecule is Cc1nc2cc(C(=O)NC(C)c3ccc(S(N)(=O)=O)cc3)ccc2n1-c1ccccc1. The van der Waals surface area contributed by atoms with Crippen LogP contribution in [0.3, 0.4) is 0 Å². The number of aryl methyl sites for hydroxylation is 1. The minimum absolute atomic E-state index is 0.0320. The van der Waals surface area contributed by atoms with E-state index in [1.165, 1.54) is 12.1 Å². The normalized spacial score (nSPS) is 12.6. The van der Waals surface area contributed by atoms with Crippen molar-refractivity contribution in [1.82, 2.24) is 14.9 Å². The molecule has 8 heteroatoms. The summed E-state index contributed by atoms with van der Waals surface area (Å²) >= 11 is 0. The minimum Gasteiger partial charge on any atom is -0.346 e. The van der Waals surface area contributed by atoms with E-state index in [1.807, 2.05) is 54.8 Å². The molecule has 3 N–H and O–H groups in total. The quantitative estimate of drug-likeness (QED) is 0.501. The first-order chi connectivity index (χ1) is 14.7. The molecule has 31 heavy (non-hydrogen) atoms. The maximum Gasteiger partial charge on any atom is 0.251 e. The van der Waals surface area contributed by atoms with E-state index in [2.05, 4.69) is 10.3 Å². The lowest BCUT2D eigenvalue weighted by Gasteiger charge is -2.15. The van der Waals surface area contributed by atoms with Gasteiger partial charge in [0.1, 0.15) is 5.82 Å². The number of carbonyl (C=O) groups is 1. The Morgan fingerprint density at radius 3 is 2.35 bits per heavy atom. The fraction of sp³-hybridized carbons (Fsp3) is 0.130. The highest BCUT2D eigenvalue weighted by Crippen LogP contribution is 2.23. The lowest BCUT2D eigenvalue weighted by Crippen LogP contribution is -2.26. The van der Waals surface area contributed by atoms with Gasteiger partial charge in [0.05, 0.1) is 22.0 Å². The molecule has 0 bridgehead atoms. The summed E-state index contributed by atoms with van der Waals surface area (Å²) in [5, 5.41) is 8.06. The monoisotopic (exact) mass is 434 g/mol. The number of hydrogen-bond acceptors (Lipinski definition) is 4. The third kappa shape index (κ3) is 4.21. The molecule has 0 fully saturated rings. The smallest absolute Gasteiger partial charge is 0.251 e. The van der Waals surface area contributed by atoms with Crippen molar-refractivity contribution in [3.63, 3.8) is 0 Å². The number of primary sulfonamides is 1. The van der Waals surface area contributed by atoms with Gasteiger partial charge in [-0.25, -0.2) is 18.5 Å². The molecule has 7 nitrogen and oxygen atoms in total. The first-order valence-corrected chi connectivity index (χ1v) is 11.3. The van der Waals surface area contributed by atoms with Gasteiger partial charge in [-0.15, -0.1) is 0 Å². The fourth-order valence-corrected chi connectivity index (χ4v) is 4.07. The molecule has 0 saturated heterocycles. The van der Waals surface area contributed by atoms with Crippen LogP contribution in [0, 0.1) is 6.92 Å². The summed E-state index contributed by atoms with van der Waals surface area (Å²) in [5.74, 6) is 0.596. The van der Waals surface area contributed by atoms with E-state index in [0.717, 1.165) is 28.1 Å². The van der Waals surface area contributed by atoms with Crippen LogP contribution < -0.4 is 10.5 Å². The number of rotatable bonds is 5. The molecule has 1 atom stereocenters. The Kier molecular flexibility index (Phi) is 5.34. The molecule has 1 unspecified atom stereocenters. The van der Waals surface area contributed by atoms with Gasteiger partial charge in [0, 0.05) is 11.3 Å². The van der Waals surface area contributed by atoms with E-state index < -0.39 is 10.0 Å². The molecule has 3 aromatic carbocycles. The first-order valence-electron chi connectivity index (χ1n) is 9.72. The Morgan fingerprint density at radius 1 is 1.03 bits per heavy atom. The molecule has 0 aliphatic rings. The number of nitrogens with two attached hydrogens (primary N) is 1. The van der Waals surface area contributed by atoms with Crippen molar-refractivity contribution in [2.24, 2.45) is 5.14 Å². The summed E-state index contributed by atoms with van der Waals surface area (Å²) in [6, 6.07) is 21.2. The highest BCUT2D eigenvalue weighted by Gasteiger charge is 2.16. The van der Waals surface area contributed by atoms with E-state index in [1.54, 1.807) is 24.3 Å². The van der Waals surface area contributed by atoms with E-state index in [-0.39, 0.29) is 16.8 Å². The zero-order valence-corrected chi connectivity index (χ0v) is 17.9. The van der Waals surface area contributed by atoms with E-state index in [0.29, 0.717) is 5.56 Å². The predicted molar refractivity (Wildman–Crippen MR) is 120 cm³/mol. The number of hydrogen-bond donors (Lipinski definition) is 2. The molecular weight excluding hydrogens is 412 g/mol. The van der Waals surface area contributed by atoms with Crippen LogP contribution in [0.1, 0.15) is 34.7 Å². The number of amides is 1. The number of nitrogens with one attached hydrogen (secondary N) is 1. The number of sulfonamides is 1. The summed E-state index contributed by atoms with van der Waals surface area (Å²) in [5.41, 5.74) is 3.94. The number of carbonyl (C=O) groups excluding carboxylic acids is 1. The molecule has 1 amide bonds. The molecule has 4 aromatic rings. The second kappa shape index (κ2) is 7.98. The Bertz CT molecular complexity index is 1360. The summed E-state index contributed by atoms with van der Waals surface area (Å²) in [4.78, 5) is 17.4. The van der Waals surface area contributed by atoms with Crippen molar-refractivity contribution in [3.8, 4) is 5.69 Å². The van der Waals surface area contributed by atoms with Crippen LogP contribution in [0.25, 0.3) is 16.7 Å². The van der Waals surface area contributed by atoms with Crippen molar-refractivity contribution in [1.29, 1.82) is 0 Å². The van der Waals surface area contributed by atoms with Gasteiger partial charge in [0.25, 0.3) is 5.91 Å². The Labute approximate surface area is 180 Å². The van der Waals surface area contributed by atoms with E-state index in [4.69, 9.17) is 5.14 Å². The summed E-state index contributed by atoms with van der Waals surface area (Å²) in [6.45, 7) is 3.76. The molecule has 1 aromatic heterocycles. The van der Waals surface area contributed by atoms with E-state index in [9.17, 15) is 13.2 Å². The van der Waals surface area contributed by atoms with Gasteiger partial charge in [-0.2, -0.15) is 0 Å². The highest BCUT2D eigenvalue weighted by atomic mass is 32.2. The van der Waals surface area contributed by atoms with Crippen LogP contribution >= 0.6 is 0 Å². The number of fused-ring (bicyclic) bond motifs is 1.